The van der Waals surface area contributed by atoms with Crippen molar-refractivity contribution < 1.29 is 4.74 Å². The molecule has 2 N–H and O–H groups in total. The number of hydrogen-bond acceptors (Lipinski definition) is 2. The molecule has 2 nitrogen and oxygen atoms in total. The first-order valence-corrected chi connectivity index (χ1v) is 7.10. The van der Waals surface area contributed by atoms with Crippen LogP contribution in [0.5, 0.6) is 11.5 Å². The average molecular weight is 290 g/mol. The molecule has 0 spiro atoms. The Morgan fingerprint density at radius 2 is 1.65 bits per heavy atom. The maximum atomic E-state index is 6.28. The van der Waals surface area contributed by atoms with Gasteiger partial charge in [0.2, 0.25) is 0 Å². The van der Waals surface area contributed by atoms with Crippen molar-refractivity contribution in [3.8, 4) is 11.5 Å². The predicted octanol–water partition coefficient (Wildman–Crippen LogP) is 5.45. The summed E-state index contributed by atoms with van der Waals surface area (Å²) in [7, 11) is 0. The standard InChI is InChI=1S/C17H20ClNO/c1-10(2)14-9-17(12(4)8-15(14)18)20-16-6-5-13(19)7-11(16)3/h5-10H,19H2,1-4H3. The van der Waals surface area contributed by atoms with Crippen LogP contribution in [-0.4, -0.2) is 0 Å². The molecule has 20 heavy (non-hydrogen) atoms. The van der Waals surface area contributed by atoms with Gasteiger partial charge in [0.1, 0.15) is 11.5 Å². The van der Waals surface area contributed by atoms with E-state index in [-0.39, 0.29) is 0 Å². The van der Waals surface area contributed by atoms with Crippen LogP contribution in [0, 0.1) is 13.8 Å². The van der Waals surface area contributed by atoms with Crippen LogP contribution in [0.25, 0.3) is 0 Å². The number of ether oxygens (including phenoxy) is 1. The zero-order chi connectivity index (χ0) is 14.9. The van der Waals surface area contributed by atoms with Gasteiger partial charge >= 0.3 is 0 Å². The molecule has 0 unspecified atom stereocenters. The second kappa shape index (κ2) is 5.76. The van der Waals surface area contributed by atoms with Gasteiger partial charge in [0.05, 0.1) is 0 Å². The van der Waals surface area contributed by atoms with Crippen LogP contribution in [0.3, 0.4) is 0 Å². The summed E-state index contributed by atoms with van der Waals surface area (Å²) in [5.74, 6) is 2.02. The number of anilines is 1. The normalized spacial score (nSPS) is 10.9. The number of benzene rings is 2. The fourth-order valence-electron chi connectivity index (χ4n) is 2.13. The Labute approximate surface area is 125 Å². The zero-order valence-corrected chi connectivity index (χ0v) is 13.1. The molecule has 0 aromatic heterocycles. The molecule has 0 bridgehead atoms. The van der Waals surface area contributed by atoms with E-state index in [4.69, 9.17) is 22.1 Å². The lowest BCUT2D eigenvalue weighted by Gasteiger charge is -2.15. The number of aryl methyl sites for hydroxylation is 2. The van der Waals surface area contributed by atoms with Gasteiger partial charge < -0.3 is 10.5 Å². The van der Waals surface area contributed by atoms with Gasteiger partial charge in [-0.1, -0.05) is 25.4 Å². The Kier molecular flexibility index (Phi) is 4.24. The third kappa shape index (κ3) is 3.07. The zero-order valence-electron chi connectivity index (χ0n) is 12.3. The highest BCUT2D eigenvalue weighted by molar-refractivity contribution is 6.31. The van der Waals surface area contributed by atoms with Gasteiger partial charge in [0, 0.05) is 10.7 Å². The average Bonchev–Trinajstić information content (AvgIpc) is 2.35. The molecule has 2 aromatic rings. The van der Waals surface area contributed by atoms with Crippen molar-refractivity contribution in [2.24, 2.45) is 0 Å². The Morgan fingerprint density at radius 1 is 1.00 bits per heavy atom. The number of hydrogen-bond donors (Lipinski definition) is 1. The molecule has 0 radical (unpaired) electrons. The molecule has 0 saturated heterocycles. The van der Waals surface area contributed by atoms with Gasteiger partial charge in [0.15, 0.2) is 0 Å². The summed E-state index contributed by atoms with van der Waals surface area (Å²) in [4.78, 5) is 0. The second-order valence-electron chi connectivity index (χ2n) is 5.42. The van der Waals surface area contributed by atoms with Crippen LogP contribution in [0.15, 0.2) is 30.3 Å². The van der Waals surface area contributed by atoms with E-state index >= 15 is 0 Å². The number of nitrogens with two attached hydrogens (primary N) is 1. The monoisotopic (exact) mass is 289 g/mol. The van der Waals surface area contributed by atoms with Crippen LogP contribution >= 0.6 is 11.6 Å². The van der Waals surface area contributed by atoms with Crippen LogP contribution in [0.1, 0.15) is 36.5 Å². The fraction of sp³-hybridized carbons (Fsp3) is 0.294. The summed E-state index contributed by atoms with van der Waals surface area (Å²) in [6.07, 6.45) is 0. The maximum Gasteiger partial charge on any atom is 0.130 e. The second-order valence-corrected chi connectivity index (χ2v) is 5.83. The van der Waals surface area contributed by atoms with E-state index < -0.39 is 0 Å². The molecule has 106 valence electrons. The highest BCUT2D eigenvalue weighted by Gasteiger charge is 2.11. The number of nitrogen functional groups attached to an aromatic ring is 1. The SMILES string of the molecule is Cc1cc(N)ccc1Oc1cc(C(C)C)c(Cl)cc1C. The molecule has 0 aliphatic carbocycles. The third-order valence-electron chi connectivity index (χ3n) is 3.34. The van der Waals surface area contributed by atoms with Gasteiger partial charge in [-0.05, 0) is 66.8 Å². The van der Waals surface area contributed by atoms with Gasteiger partial charge in [0.25, 0.3) is 0 Å². The van der Waals surface area contributed by atoms with Crippen LogP contribution in [0.4, 0.5) is 5.69 Å². The Bertz CT molecular complexity index is 635. The molecular formula is C17H20ClNO. The van der Waals surface area contributed by atoms with E-state index in [1.165, 1.54) is 0 Å². The highest BCUT2D eigenvalue weighted by Crippen LogP contribution is 2.35. The first-order valence-electron chi connectivity index (χ1n) is 6.72. The molecule has 3 heteroatoms. The third-order valence-corrected chi connectivity index (χ3v) is 3.66. The molecule has 0 heterocycles. The van der Waals surface area contributed by atoms with Gasteiger partial charge in [-0.3, -0.25) is 0 Å². The van der Waals surface area contributed by atoms with Gasteiger partial charge in [-0.15, -0.1) is 0 Å². The van der Waals surface area contributed by atoms with Crippen LogP contribution in [-0.2, 0) is 0 Å². The first kappa shape index (κ1) is 14.7. The van der Waals surface area contributed by atoms with Crippen molar-refractivity contribution in [1.29, 1.82) is 0 Å². The molecule has 0 aliphatic rings. The summed E-state index contributed by atoms with van der Waals surface area (Å²) in [6, 6.07) is 9.63. The van der Waals surface area contributed by atoms with E-state index in [9.17, 15) is 0 Å². The number of rotatable bonds is 3. The van der Waals surface area contributed by atoms with Crippen molar-refractivity contribution in [2.45, 2.75) is 33.6 Å². The lowest BCUT2D eigenvalue weighted by atomic mass is 10.0. The van der Waals surface area contributed by atoms with E-state index in [0.717, 1.165) is 38.9 Å². The van der Waals surface area contributed by atoms with Crippen molar-refractivity contribution in [3.63, 3.8) is 0 Å². The summed E-state index contributed by atoms with van der Waals surface area (Å²) >= 11 is 6.28. The Hall–Kier alpha value is -1.67. The molecule has 0 fully saturated rings. The van der Waals surface area contributed by atoms with Crippen molar-refractivity contribution in [2.75, 3.05) is 5.73 Å². The summed E-state index contributed by atoms with van der Waals surface area (Å²) in [6.45, 7) is 8.22. The smallest absolute Gasteiger partial charge is 0.130 e. The van der Waals surface area contributed by atoms with Crippen LogP contribution in [0.2, 0.25) is 5.02 Å². The van der Waals surface area contributed by atoms with E-state index in [0.29, 0.717) is 5.92 Å². The van der Waals surface area contributed by atoms with Gasteiger partial charge in [-0.25, -0.2) is 0 Å². The first-order chi connectivity index (χ1) is 9.38. The molecule has 2 aromatic carbocycles. The Morgan fingerprint density at radius 3 is 2.25 bits per heavy atom. The quantitative estimate of drug-likeness (QED) is 0.762. The predicted molar refractivity (Wildman–Crippen MR) is 85.9 cm³/mol. The largest absolute Gasteiger partial charge is 0.457 e. The minimum Gasteiger partial charge on any atom is -0.457 e. The molecule has 0 aliphatic heterocycles. The van der Waals surface area contributed by atoms with E-state index in [2.05, 4.69) is 13.8 Å². The molecule has 0 atom stereocenters. The topological polar surface area (TPSA) is 35.2 Å². The van der Waals surface area contributed by atoms with E-state index in [1.807, 2.05) is 44.2 Å². The lowest BCUT2D eigenvalue weighted by molar-refractivity contribution is 0.474. The summed E-state index contributed by atoms with van der Waals surface area (Å²) < 4.78 is 6.03. The molecule has 0 saturated carbocycles. The lowest BCUT2D eigenvalue weighted by Crippen LogP contribution is -1.96. The minimum absolute atomic E-state index is 0.359. The van der Waals surface area contributed by atoms with Crippen molar-refractivity contribution in [3.05, 3.63) is 52.0 Å². The molecule has 0 amide bonds. The summed E-state index contributed by atoms with van der Waals surface area (Å²) in [5, 5.41) is 0.791. The van der Waals surface area contributed by atoms with Gasteiger partial charge in [-0.2, -0.15) is 0 Å². The van der Waals surface area contributed by atoms with Crippen molar-refractivity contribution >= 4 is 17.3 Å². The fourth-order valence-corrected chi connectivity index (χ4v) is 2.56. The highest BCUT2D eigenvalue weighted by atomic mass is 35.5. The van der Waals surface area contributed by atoms with Crippen molar-refractivity contribution in [1.82, 2.24) is 0 Å². The summed E-state index contributed by atoms with van der Waals surface area (Å²) in [5.41, 5.74) is 9.64. The maximum absolute atomic E-state index is 6.28. The molecule has 2 rings (SSSR count). The number of halogens is 1. The van der Waals surface area contributed by atoms with E-state index in [1.54, 1.807) is 0 Å². The Balaban J connectivity index is 2.40. The van der Waals surface area contributed by atoms with Crippen LogP contribution < -0.4 is 10.5 Å². The molecular weight excluding hydrogens is 270 g/mol. The minimum atomic E-state index is 0.359.